The first-order valence-electron chi connectivity index (χ1n) is 7.92. The Balaban J connectivity index is 1.31. The summed E-state index contributed by atoms with van der Waals surface area (Å²) in [6.07, 6.45) is 3.76. The van der Waals surface area contributed by atoms with E-state index in [2.05, 4.69) is 20.9 Å². The van der Waals surface area contributed by atoms with Crippen LogP contribution in [0, 0.1) is 0 Å². The van der Waals surface area contributed by atoms with Gasteiger partial charge in [-0.3, -0.25) is 0 Å². The van der Waals surface area contributed by atoms with Crippen LogP contribution in [0.3, 0.4) is 0 Å². The van der Waals surface area contributed by atoms with Crippen molar-refractivity contribution in [2.24, 2.45) is 0 Å². The van der Waals surface area contributed by atoms with E-state index in [4.69, 9.17) is 9.47 Å². The van der Waals surface area contributed by atoms with Crippen LogP contribution in [0.4, 0.5) is 16.3 Å². The average molecular weight is 326 g/mol. The lowest BCUT2D eigenvalue weighted by Gasteiger charge is -2.09. The maximum absolute atomic E-state index is 11.7. The number of ether oxygens (including phenoxy) is 2. The van der Waals surface area contributed by atoms with Gasteiger partial charge < -0.3 is 25.4 Å². The van der Waals surface area contributed by atoms with Crippen LogP contribution < -0.4 is 25.4 Å². The SMILES string of the molecule is O=C(Nc1ccc(NCc2ccc3c(c2)OCO3)nc1)NC1CC1. The standard InChI is InChI=1S/C17H18N4O3/c22-17(20-12-2-3-12)21-13-4-6-16(19-9-13)18-8-11-1-5-14-15(7-11)24-10-23-14/h1,4-7,9,12H,2-3,8,10H2,(H,18,19)(H2,20,21,22). The van der Waals surface area contributed by atoms with Crippen molar-refractivity contribution < 1.29 is 14.3 Å². The molecule has 2 amide bonds. The molecule has 1 fully saturated rings. The number of fused-ring (bicyclic) bond motifs is 1. The molecule has 2 aliphatic rings. The second-order valence-electron chi connectivity index (χ2n) is 5.85. The number of nitrogens with zero attached hydrogens (tertiary/aromatic N) is 1. The van der Waals surface area contributed by atoms with Crippen molar-refractivity contribution in [3.8, 4) is 11.5 Å². The molecule has 0 radical (unpaired) electrons. The van der Waals surface area contributed by atoms with E-state index in [1.54, 1.807) is 6.20 Å². The smallest absolute Gasteiger partial charge is 0.319 e. The number of hydrogen-bond donors (Lipinski definition) is 3. The zero-order valence-electron chi connectivity index (χ0n) is 13.0. The van der Waals surface area contributed by atoms with Crippen LogP contribution in [-0.4, -0.2) is 23.8 Å². The van der Waals surface area contributed by atoms with Gasteiger partial charge in [0.25, 0.3) is 0 Å². The van der Waals surface area contributed by atoms with E-state index in [0.29, 0.717) is 18.3 Å². The molecule has 0 saturated heterocycles. The lowest BCUT2D eigenvalue weighted by molar-refractivity contribution is 0.174. The highest BCUT2D eigenvalue weighted by Crippen LogP contribution is 2.32. The maximum atomic E-state index is 11.7. The van der Waals surface area contributed by atoms with Crippen LogP contribution >= 0.6 is 0 Å². The Morgan fingerprint density at radius 2 is 2.04 bits per heavy atom. The van der Waals surface area contributed by atoms with Gasteiger partial charge in [0.05, 0.1) is 11.9 Å². The normalized spacial score (nSPS) is 15.0. The van der Waals surface area contributed by atoms with Crippen LogP contribution in [0.1, 0.15) is 18.4 Å². The molecule has 1 aliphatic heterocycles. The molecular weight excluding hydrogens is 308 g/mol. The van der Waals surface area contributed by atoms with Gasteiger partial charge in [0, 0.05) is 12.6 Å². The lowest BCUT2D eigenvalue weighted by atomic mass is 10.2. The number of urea groups is 1. The van der Waals surface area contributed by atoms with Crippen molar-refractivity contribution in [2.45, 2.75) is 25.4 Å². The van der Waals surface area contributed by atoms with E-state index < -0.39 is 0 Å². The minimum atomic E-state index is -0.180. The van der Waals surface area contributed by atoms with E-state index >= 15 is 0 Å². The second kappa shape index (κ2) is 6.27. The third-order valence-electron chi connectivity index (χ3n) is 3.84. The van der Waals surface area contributed by atoms with Crippen molar-refractivity contribution in [2.75, 3.05) is 17.4 Å². The molecule has 24 heavy (non-hydrogen) atoms. The summed E-state index contributed by atoms with van der Waals surface area (Å²) in [5.74, 6) is 2.28. The summed E-state index contributed by atoms with van der Waals surface area (Å²) >= 11 is 0. The molecule has 4 rings (SSSR count). The monoisotopic (exact) mass is 326 g/mol. The molecular formula is C17H18N4O3. The largest absolute Gasteiger partial charge is 0.454 e. The van der Waals surface area contributed by atoms with Crippen molar-refractivity contribution >= 4 is 17.5 Å². The van der Waals surface area contributed by atoms with Crippen molar-refractivity contribution in [1.29, 1.82) is 0 Å². The number of pyridine rings is 1. The predicted octanol–water partition coefficient (Wildman–Crippen LogP) is 2.71. The van der Waals surface area contributed by atoms with Crippen LogP contribution in [0.2, 0.25) is 0 Å². The van der Waals surface area contributed by atoms with Gasteiger partial charge in [-0.25, -0.2) is 9.78 Å². The van der Waals surface area contributed by atoms with Gasteiger partial charge >= 0.3 is 6.03 Å². The molecule has 1 aliphatic carbocycles. The first kappa shape index (κ1) is 14.6. The molecule has 7 nitrogen and oxygen atoms in total. The fourth-order valence-corrected chi connectivity index (χ4v) is 2.40. The summed E-state index contributed by atoms with van der Waals surface area (Å²) < 4.78 is 10.7. The third-order valence-corrected chi connectivity index (χ3v) is 3.84. The molecule has 1 aromatic heterocycles. The van der Waals surface area contributed by atoms with Gasteiger partial charge in [0.2, 0.25) is 6.79 Å². The molecule has 0 unspecified atom stereocenters. The third kappa shape index (κ3) is 3.51. The van der Waals surface area contributed by atoms with E-state index in [0.717, 1.165) is 35.7 Å². The van der Waals surface area contributed by atoms with Gasteiger partial charge in [-0.05, 0) is 42.7 Å². The lowest BCUT2D eigenvalue weighted by Crippen LogP contribution is -2.30. The summed E-state index contributed by atoms with van der Waals surface area (Å²) in [5, 5.41) is 8.88. The molecule has 0 spiro atoms. The summed E-state index contributed by atoms with van der Waals surface area (Å²) in [4.78, 5) is 16.0. The van der Waals surface area contributed by atoms with Crippen molar-refractivity contribution in [3.05, 3.63) is 42.1 Å². The highest BCUT2D eigenvalue weighted by Gasteiger charge is 2.23. The van der Waals surface area contributed by atoms with E-state index in [9.17, 15) is 4.79 Å². The number of rotatable bonds is 5. The van der Waals surface area contributed by atoms with Gasteiger partial charge in [-0.2, -0.15) is 0 Å². The minimum absolute atomic E-state index is 0.180. The van der Waals surface area contributed by atoms with E-state index in [-0.39, 0.29) is 12.8 Å². The zero-order valence-corrected chi connectivity index (χ0v) is 13.0. The minimum Gasteiger partial charge on any atom is -0.454 e. The van der Waals surface area contributed by atoms with Crippen LogP contribution in [0.15, 0.2) is 36.5 Å². The number of carbonyl (C=O) groups excluding carboxylic acids is 1. The zero-order chi connectivity index (χ0) is 16.4. The first-order valence-corrected chi connectivity index (χ1v) is 7.92. The molecule has 1 aromatic carbocycles. The topological polar surface area (TPSA) is 84.5 Å². The number of anilines is 2. The Hall–Kier alpha value is -2.96. The summed E-state index contributed by atoms with van der Waals surface area (Å²) in [6.45, 7) is 0.898. The predicted molar refractivity (Wildman–Crippen MR) is 89.3 cm³/mol. The number of carbonyl (C=O) groups is 1. The van der Waals surface area contributed by atoms with Gasteiger partial charge in [-0.1, -0.05) is 6.07 Å². The molecule has 2 heterocycles. The Morgan fingerprint density at radius 3 is 2.83 bits per heavy atom. The van der Waals surface area contributed by atoms with Gasteiger partial charge in [0.1, 0.15) is 5.82 Å². The molecule has 1 saturated carbocycles. The second-order valence-corrected chi connectivity index (χ2v) is 5.85. The fraction of sp³-hybridized carbons (Fsp3) is 0.294. The Labute approximate surface area is 139 Å². The highest BCUT2D eigenvalue weighted by molar-refractivity contribution is 5.89. The summed E-state index contributed by atoms with van der Waals surface area (Å²) in [6, 6.07) is 9.65. The van der Waals surface area contributed by atoms with Crippen molar-refractivity contribution in [1.82, 2.24) is 10.3 Å². The van der Waals surface area contributed by atoms with Gasteiger partial charge in [-0.15, -0.1) is 0 Å². The van der Waals surface area contributed by atoms with Crippen LogP contribution in [0.25, 0.3) is 0 Å². The Morgan fingerprint density at radius 1 is 1.17 bits per heavy atom. The summed E-state index contributed by atoms with van der Waals surface area (Å²) in [7, 11) is 0. The number of amides is 2. The average Bonchev–Trinajstić information content (AvgIpc) is 3.27. The van der Waals surface area contributed by atoms with Crippen LogP contribution in [0.5, 0.6) is 11.5 Å². The fourth-order valence-electron chi connectivity index (χ4n) is 2.40. The number of hydrogen-bond acceptors (Lipinski definition) is 5. The molecule has 2 aromatic rings. The summed E-state index contributed by atoms with van der Waals surface area (Å²) in [5.41, 5.74) is 1.74. The molecule has 0 atom stereocenters. The maximum Gasteiger partial charge on any atom is 0.319 e. The molecule has 0 bridgehead atoms. The molecule has 124 valence electrons. The van der Waals surface area contributed by atoms with Gasteiger partial charge in [0.15, 0.2) is 11.5 Å². The van der Waals surface area contributed by atoms with E-state index in [1.807, 2.05) is 30.3 Å². The Kier molecular flexibility index (Phi) is 3.82. The first-order chi connectivity index (χ1) is 11.8. The quantitative estimate of drug-likeness (QED) is 0.787. The van der Waals surface area contributed by atoms with Crippen LogP contribution in [-0.2, 0) is 6.54 Å². The van der Waals surface area contributed by atoms with E-state index in [1.165, 1.54) is 0 Å². The highest BCUT2D eigenvalue weighted by atomic mass is 16.7. The number of benzene rings is 1. The number of aromatic nitrogens is 1. The molecule has 3 N–H and O–H groups in total. The molecule has 7 heteroatoms. The Bertz CT molecular complexity index is 744. The van der Waals surface area contributed by atoms with Crippen molar-refractivity contribution in [3.63, 3.8) is 0 Å². The number of nitrogens with one attached hydrogen (secondary N) is 3.